The Hall–Kier alpha value is -3.14. The average Bonchev–Trinajstić information content (AvgIpc) is 2.61. The van der Waals surface area contributed by atoms with Crippen LogP contribution in [0, 0.1) is 5.82 Å². The Morgan fingerprint density at radius 2 is 1.67 bits per heavy atom. The van der Waals surface area contributed by atoms with Gasteiger partial charge in [-0.1, -0.05) is 42.5 Å². The Balaban J connectivity index is 1.87. The maximum absolute atomic E-state index is 13.1. The number of carbonyl (C=O) groups excluding carboxylic acids is 1. The van der Waals surface area contributed by atoms with E-state index in [1.165, 1.54) is 12.1 Å². The van der Waals surface area contributed by atoms with Crippen molar-refractivity contribution in [1.82, 2.24) is 0 Å². The van der Waals surface area contributed by atoms with Crippen LogP contribution in [0.2, 0.25) is 0 Å². The lowest BCUT2D eigenvalue weighted by atomic mass is 9.99. The predicted octanol–water partition coefficient (Wildman–Crippen LogP) is 4.17. The summed E-state index contributed by atoms with van der Waals surface area (Å²) < 4.78 is 18.8. The normalized spacial score (nSPS) is 10.4. The molecular formula is C20H16FNO2. The molecule has 24 heavy (non-hydrogen) atoms. The van der Waals surface area contributed by atoms with Gasteiger partial charge in [0, 0.05) is 0 Å². The van der Waals surface area contributed by atoms with Gasteiger partial charge in [0.1, 0.15) is 18.2 Å². The molecule has 0 heterocycles. The monoisotopic (exact) mass is 321 g/mol. The molecule has 0 aliphatic carbocycles. The van der Waals surface area contributed by atoms with E-state index in [0.717, 1.165) is 11.1 Å². The van der Waals surface area contributed by atoms with E-state index in [2.05, 4.69) is 0 Å². The molecule has 0 atom stereocenters. The molecule has 0 saturated heterocycles. The van der Waals surface area contributed by atoms with Crippen LogP contribution in [-0.2, 0) is 6.61 Å². The topological polar surface area (TPSA) is 52.3 Å². The van der Waals surface area contributed by atoms with E-state index in [1.54, 1.807) is 30.3 Å². The minimum atomic E-state index is -0.556. The quantitative estimate of drug-likeness (QED) is 0.767. The van der Waals surface area contributed by atoms with Gasteiger partial charge in [0.05, 0.1) is 5.56 Å². The van der Waals surface area contributed by atoms with Gasteiger partial charge < -0.3 is 10.5 Å². The number of benzene rings is 3. The summed E-state index contributed by atoms with van der Waals surface area (Å²) in [5.74, 6) is -0.333. The van der Waals surface area contributed by atoms with Crippen LogP contribution in [-0.4, -0.2) is 5.91 Å². The number of carbonyl (C=O) groups is 1. The van der Waals surface area contributed by atoms with Crippen molar-refractivity contribution >= 4 is 5.91 Å². The van der Waals surface area contributed by atoms with Crippen molar-refractivity contribution in [2.45, 2.75) is 6.61 Å². The molecule has 0 saturated carbocycles. The highest BCUT2D eigenvalue weighted by Gasteiger charge is 2.12. The molecule has 0 fully saturated rings. The summed E-state index contributed by atoms with van der Waals surface area (Å²) in [5, 5.41) is 0. The van der Waals surface area contributed by atoms with E-state index in [0.29, 0.717) is 23.5 Å². The lowest BCUT2D eigenvalue weighted by Gasteiger charge is -2.11. The molecule has 2 N–H and O–H groups in total. The fourth-order valence-corrected chi connectivity index (χ4v) is 2.44. The molecule has 0 radical (unpaired) electrons. The highest BCUT2D eigenvalue weighted by atomic mass is 19.1. The van der Waals surface area contributed by atoms with Gasteiger partial charge in [-0.05, 0) is 47.0 Å². The van der Waals surface area contributed by atoms with Crippen molar-refractivity contribution in [3.63, 3.8) is 0 Å². The summed E-state index contributed by atoms with van der Waals surface area (Å²) in [7, 11) is 0. The van der Waals surface area contributed by atoms with E-state index >= 15 is 0 Å². The first-order valence-corrected chi connectivity index (χ1v) is 7.50. The Morgan fingerprint density at radius 1 is 0.958 bits per heavy atom. The first-order chi connectivity index (χ1) is 11.6. The highest BCUT2D eigenvalue weighted by Crippen LogP contribution is 2.28. The van der Waals surface area contributed by atoms with E-state index in [-0.39, 0.29) is 5.82 Å². The molecule has 3 aromatic carbocycles. The minimum Gasteiger partial charge on any atom is -0.489 e. The molecule has 0 bridgehead atoms. The van der Waals surface area contributed by atoms with E-state index < -0.39 is 5.91 Å². The fraction of sp³-hybridized carbons (Fsp3) is 0.0500. The van der Waals surface area contributed by atoms with Crippen LogP contribution in [0.1, 0.15) is 15.9 Å². The van der Waals surface area contributed by atoms with Crippen molar-refractivity contribution in [3.05, 3.63) is 89.7 Å². The van der Waals surface area contributed by atoms with Gasteiger partial charge in [-0.2, -0.15) is 0 Å². The first-order valence-electron chi connectivity index (χ1n) is 7.50. The van der Waals surface area contributed by atoms with Crippen LogP contribution < -0.4 is 10.5 Å². The summed E-state index contributed by atoms with van der Waals surface area (Å²) in [6.45, 7) is 0.398. The molecular weight excluding hydrogens is 305 g/mol. The smallest absolute Gasteiger partial charge is 0.249 e. The third-order valence-electron chi connectivity index (χ3n) is 3.66. The lowest BCUT2D eigenvalue weighted by molar-refractivity contribution is 0.100. The van der Waals surface area contributed by atoms with E-state index in [1.807, 2.05) is 30.3 Å². The molecule has 0 aromatic heterocycles. The summed E-state index contributed by atoms with van der Waals surface area (Å²) in [6, 6.07) is 20.8. The van der Waals surface area contributed by atoms with E-state index in [4.69, 9.17) is 10.5 Å². The van der Waals surface area contributed by atoms with Crippen molar-refractivity contribution in [2.75, 3.05) is 0 Å². The van der Waals surface area contributed by atoms with Crippen molar-refractivity contribution in [3.8, 4) is 16.9 Å². The molecule has 0 aliphatic rings. The molecule has 3 nitrogen and oxygen atoms in total. The first kappa shape index (κ1) is 15.7. The molecule has 1 amide bonds. The van der Waals surface area contributed by atoms with Gasteiger partial charge in [0.2, 0.25) is 5.91 Å². The molecule has 0 unspecified atom stereocenters. The zero-order chi connectivity index (χ0) is 16.9. The van der Waals surface area contributed by atoms with Gasteiger partial charge in [-0.25, -0.2) is 4.39 Å². The van der Waals surface area contributed by atoms with Crippen LogP contribution in [0.5, 0.6) is 5.75 Å². The maximum atomic E-state index is 13.1. The standard InChI is InChI=1S/C20H16FNO2/c21-16-8-6-15(7-9-16)18-11-10-17(12-19(18)20(22)23)24-13-14-4-2-1-3-5-14/h1-12H,13H2,(H2,22,23). The average molecular weight is 321 g/mol. The summed E-state index contributed by atoms with van der Waals surface area (Å²) in [5.41, 5.74) is 8.23. The summed E-state index contributed by atoms with van der Waals surface area (Å²) in [6.07, 6.45) is 0. The lowest BCUT2D eigenvalue weighted by Crippen LogP contribution is -2.12. The molecule has 120 valence electrons. The van der Waals surface area contributed by atoms with Gasteiger partial charge in [0.15, 0.2) is 0 Å². The van der Waals surface area contributed by atoms with Crippen molar-refractivity contribution in [1.29, 1.82) is 0 Å². The number of primary amides is 1. The van der Waals surface area contributed by atoms with Crippen molar-refractivity contribution in [2.24, 2.45) is 5.73 Å². The minimum absolute atomic E-state index is 0.331. The number of nitrogens with two attached hydrogens (primary N) is 1. The number of halogens is 1. The Morgan fingerprint density at radius 3 is 2.33 bits per heavy atom. The number of hydrogen-bond acceptors (Lipinski definition) is 2. The number of amides is 1. The summed E-state index contributed by atoms with van der Waals surface area (Å²) >= 11 is 0. The van der Waals surface area contributed by atoms with Gasteiger partial charge in [0.25, 0.3) is 0 Å². The van der Waals surface area contributed by atoms with Crippen LogP contribution in [0.25, 0.3) is 11.1 Å². The zero-order valence-corrected chi connectivity index (χ0v) is 12.9. The Labute approximate surface area is 139 Å². The predicted molar refractivity (Wildman–Crippen MR) is 91.1 cm³/mol. The molecule has 0 aliphatic heterocycles. The maximum Gasteiger partial charge on any atom is 0.249 e. The molecule has 3 aromatic rings. The second kappa shape index (κ2) is 6.96. The summed E-state index contributed by atoms with van der Waals surface area (Å²) in [4.78, 5) is 11.8. The fourth-order valence-electron chi connectivity index (χ4n) is 2.44. The molecule has 3 rings (SSSR count). The SMILES string of the molecule is NC(=O)c1cc(OCc2ccccc2)ccc1-c1ccc(F)cc1. The number of rotatable bonds is 5. The highest BCUT2D eigenvalue weighted by molar-refractivity contribution is 6.00. The van der Waals surface area contributed by atoms with Crippen LogP contribution in [0.3, 0.4) is 0 Å². The number of ether oxygens (including phenoxy) is 1. The molecule has 4 heteroatoms. The van der Waals surface area contributed by atoms with E-state index in [9.17, 15) is 9.18 Å². The second-order valence-corrected chi connectivity index (χ2v) is 5.35. The van der Waals surface area contributed by atoms with Gasteiger partial charge >= 0.3 is 0 Å². The zero-order valence-electron chi connectivity index (χ0n) is 12.9. The second-order valence-electron chi connectivity index (χ2n) is 5.35. The third kappa shape index (κ3) is 3.60. The third-order valence-corrected chi connectivity index (χ3v) is 3.66. The van der Waals surface area contributed by atoms with Crippen LogP contribution >= 0.6 is 0 Å². The largest absolute Gasteiger partial charge is 0.489 e. The Kier molecular flexibility index (Phi) is 4.57. The molecule has 0 spiro atoms. The van der Waals surface area contributed by atoms with Crippen LogP contribution in [0.15, 0.2) is 72.8 Å². The van der Waals surface area contributed by atoms with Crippen molar-refractivity contribution < 1.29 is 13.9 Å². The van der Waals surface area contributed by atoms with Gasteiger partial charge in [-0.15, -0.1) is 0 Å². The van der Waals surface area contributed by atoms with Crippen LogP contribution in [0.4, 0.5) is 4.39 Å². The Bertz CT molecular complexity index is 845. The number of hydrogen-bond donors (Lipinski definition) is 1. The van der Waals surface area contributed by atoms with Gasteiger partial charge in [-0.3, -0.25) is 4.79 Å².